The van der Waals surface area contributed by atoms with Crippen LogP contribution in [0.5, 0.6) is 0 Å². The van der Waals surface area contributed by atoms with E-state index < -0.39 is 0 Å². The predicted molar refractivity (Wildman–Crippen MR) is 72.0 cm³/mol. The molecular formula is C12H17N3OS. The van der Waals surface area contributed by atoms with Crippen LogP contribution in [0.2, 0.25) is 0 Å². The van der Waals surface area contributed by atoms with E-state index in [4.69, 9.17) is 18.0 Å². The maximum Gasteiger partial charge on any atom is 0.255 e. The monoisotopic (exact) mass is 251 g/mol. The third-order valence-electron chi connectivity index (χ3n) is 2.42. The molecule has 0 fully saturated rings. The summed E-state index contributed by atoms with van der Waals surface area (Å²) in [4.78, 5) is 18.3. The zero-order valence-corrected chi connectivity index (χ0v) is 11.0. The number of hydrogen-bond acceptors (Lipinski definition) is 3. The van der Waals surface area contributed by atoms with Crippen LogP contribution in [0.3, 0.4) is 0 Å². The third-order valence-corrected chi connectivity index (χ3v) is 2.62. The van der Waals surface area contributed by atoms with Crippen molar-refractivity contribution in [2.24, 2.45) is 5.73 Å². The molecule has 0 bridgehead atoms. The van der Waals surface area contributed by atoms with Crippen LogP contribution in [0.1, 0.15) is 29.3 Å². The van der Waals surface area contributed by atoms with Crippen LogP contribution in [0.4, 0.5) is 0 Å². The molecule has 0 aliphatic heterocycles. The molecule has 1 aromatic heterocycles. The zero-order chi connectivity index (χ0) is 12.8. The summed E-state index contributed by atoms with van der Waals surface area (Å²) in [7, 11) is 0. The topological polar surface area (TPSA) is 59.2 Å². The summed E-state index contributed by atoms with van der Waals surface area (Å²) in [5.74, 6) is -0.0278. The van der Waals surface area contributed by atoms with Crippen molar-refractivity contribution in [2.45, 2.75) is 20.3 Å². The van der Waals surface area contributed by atoms with Crippen LogP contribution in [0, 0.1) is 6.92 Å². The lowest BCUT2D eigenvalue weighted by Crippen LogP contribution is -2.33. The van der Waals surface area contributed by atoms with Crippen molar-refractivity contribution in [2.75, 3.05) is 13.1 Å². The average molecular weight is 251 g/mol. The van der Waals surface area contributed by atoms with Crippen molar-refractivity contribution in [1.29, 1.82) is 0 Å². The molecule has 17 heavy (non-hydrogen) atoms. The molecule has 0 aromatic carbocycles. The lowest BCUT2D eigenvalue weighted by molar-refractivity contribution is 0.0768. The van der Waals surface area contributed by atoms with Crippen LogP contribution < -0.4 is 5.73 Å². The molecule has 1 rings (SSSR count). The van der Waals surface area contributed by atoms with Crippen molar-refractivity contribution >= 4 is 23.1 Å². The first-order valence-corrected chi connectivity index (χ1v) is 5.94. The Bertz CT molecular complexity index is 420. The summed E-state index contributed by atoms with van der Waals surface area (Å²) in [6, 6.07) is 1.83. The number of aromatic nitrogens is 1. The Labute approximate surface area is 107 Å². The third kappa shape index (κ3) is 4.11. The number of thiocarbonyl (C=S) groups is 1. The molecule has 0 saturated carbocycles. The molecule has 5 heteroatoms. The molecule has 1 amide bonds. The van der Waals surface area contributed by atoms with Crippen LogP contribution in [-0.2, 0) is 0 Å². The predicted octanol–water partition coefficient (Wildman–Crippen LogP) is 1.53. The Morgan fingerprint density at radius 2 is 2.24 bits per heavy atom. The fourth-order valence-electron chi connectivity index (χ4n) is 1.50. The van der Waals surface area contributed by atoms with Gasteiger partial charge < -0.3 is 10.6 Å². The Balaban J connectivity index is 2.75. The van der Waals surface area contributed by atoms with Crippen molar-refractivity contribution in [1.82, 2.24) is 9.88 Å². The molecule has 1 heterocycles. The highest BCUT2D eigenvalue weighted by Crippen LogP contribution is 2.06. The van der Waals surface area contributed by atoms with E-state index in [0.717, 1.165) is 5.56 Å². The van der Waals surface area contributed by atoms with Gasteiger partial charge in [0.1, 0.15) is 0 Å². The van der Waals surface area contributed by atoms with Gasteiger partial charge in [0.15, 0.2) is 0 Å². The van der Waals surface area contributed by atoms with Gasteiger partial charge >= 0.3 is 0 Å². The average Bonchev–Trinajstić information content (AvgIpc) is 2.29. The molecule has 1 aromatic rings. The molecule has 0 unspecified atom stereocenters. The molecule has 0 atom stereocenters. The normalized spacial score (nSPS) is 10.0. The number of hydrogen-bond donors (Lipinski definition) is 1. The number of carbonyl (C=O) groups excluding carboxylic acids is 1. The van der Waals surface area contributed by atoms with Gasteiger partial charge in [0, 0.05) is 31.9 Å². The van der Waals surface area contributed by atoms with E-state index in [9.17, 15) is 4.79 Å². The molecule has 0 aliphatic carbocycles. The van der Waals surface area contributed by atoms with Gasteiger partial charge in [0.2, 0.25) is 0 Å². The largest absolute Gasteiger partial charge is 0.393 e. The summed E-state index contributed by atoms with van der Waals surface area (Å²) in [5.41, 5.74) is 7.02. The molecule has 4 nitrogen and oxygen atoms in total. The Hall–Kier alpha value is -1.49. The molecule has 92 valence electrons. The van der Waals surface area contributed by atoms with Crippen molar-refractivity contribution in [3.8, 4) is 0 Å². The zero-order valence-electron chi connectivity index (χ0n) is 10.1. The lowest BCUT2D eigenvalue weighted by Gasteiger charge is -2.20. The van der Waals surface area contributed by atoms with E-state index >= 15 is 0 Å². The minimum atomic E-state index is -0.0278. The van der Waals surface area contributed by atoms with E-state index in [0.29, 0.717) is 30.1 Å². The maximum atomic E-state index is 12.1. The minimum Gasteiger partial charge on any atom is -0.393 e. The number of nitrogens with two attached hydrogens (primary N) is 1. The fraction of sp³-hybridized carbons (Fsp3) is 0.417. The molecule has 0 saturated heterocycles. The van der Waals surface area contributed by atoms with Gasteiger partial charge in [-0.1, -0.05) is 12.2 Å². The first-order chi connectivity index (χ1) is 8.04. The van der Waals surface area contributed by atoms with E-state index in [1.807, 2.05) is 19.9 Å². The van der Waals surface area contributed by atoms with Gasteiger partial charge in [-0.25, -0.2) is 0 Å². The smallest absolute Gasteiger partial charge is 0.255 e. The summed E-state index contributed by atoms with van der Waals surface area (Å²) in [5, 5.41) is 0. The van der Waals surface area contributed by atoms with Gasteiger partial charge in [-0.3, -0.25) is 9.78 Å². The highest BCUT2D eigenvalue weighted by atomic mass is 32.1. The molecule has 2 N–H and O–H groups in total. The van der Waals surface area contributed by atoms with Crippen LogP contribution >= 0.6 is 12.2 Å². The number of nitrogens with zero attached hydrogens (tertiary/aromatic N) is 2. The summed E-state index contributed by atoms with van der Waals surface area (Å²) in [6.45, 7) is 5.03. The summed E-state index contributed by atoms with van der Waals surface area (Å²) < 4.78 is 0. The molecule has 0 spiro atoms. The Kier molecular flexibility index (Phi) is 5.03. The number of amides is 1. The number of aryl methyl sites for hydroxylation is 1. The standard InChI is InChI=1S/C12H17N3OS/c1-3-15(5-4-11(13)17)12(16)10-6-9(2)7-14-8-10/h6-8H,3-5H2,1-2H3,(H2,13,17). The van der Waals surface area contributed by atoms with Gasteiger partial charge in [-0.15, -0.1) is 0 Å². The van der Waals surface area contributed by atoms with Gasteiger partial charge in [0.25, 0.3) is 5.91 Å². The molecule has 0 aliphatic rings. The van der Waals surface area contributed by atoms with E-state index in [1.54, 1.807) is 17.3 Å². The van der Waals surface area contributed by atoms with Crippen molar-refractivity contribution in [3.05, 3.63) is 29.6 Å². The van der Waals surface area contributed by atoms with Crippen LogP contribution in [0.25, 0.3) is 0 Å². The van der Waals surface area contributed by atoms with Gasteiger partial charge in [-0.05, 0) is 25.5 Å². The fourth-order valence-corrected chi connectivity index (χ4v) is 1.59. The van der Waals surface area contributed by atoms with Crippen LogP contribution in [-0.4, -0.2) is 33.9 Å². The molecular weight excluding hydrogens is 234 g/mol. The first kappa shape index (κ1) is 13.6. The lowest BCUT2D eigenvalue weighted by atomic mass is 10.2. The maximum absolute atomic E-state index is 12.1. The highest BCUT2D eigenvalue weighted by molar-refractivity contribution is 7.80. The second-order valence-corrected chi connectivity index (χ2v) is 4.38. The minimum absolute atomic E-state index is 0.0278. The number of rotatable bonds is 5. The molecule has 0 radical (unpaired) electrons. The second kappa shape index (κ2) is 6.30. The van der Waals surface area contributed by atoms with Crippen LogP contribution in [0.15, 0.2) is 18.5 Å². The van der Waals surface area contributed by atoms with E-state index in [2.05, 4.69) is 4.98 Å². The van der Waals surface area contributed by atoms with Crippen molar-refractivity contribution < 1.29 is 4.79 Å². The Morgan fingerprint density at radius 1 is 1.53 bits per heavy atom. The Morgan fingerprint density at radius 3 is 2.76 bits per heavy atom. The van der Waals surface area contributed by atoms with E-state index in [1.165, 1.54) is 0 Å². The highest BCUT2D eigenvalue weighted by Gasteiger charge is 2.14. The van der Waals surface area contributed by atoms with Crippen molar-refractivity contribution in [3.63, 3.8) is 0 Å². The van der Waals surface area contributed by atoms with Gasteiger partial charge in [-0.2, -0.15) is 0 Å². The number of pyridine rings is 1. The quantitative estimate of drug-likeness (QED) is 0.806. The summed E-state index contributed by atoms with van der Waals surface area (Å²) in [6.07, 6.45) is 3.86. The second-order valence-electron chi connectivity index (χ2n) is 3.85. The van der Waals surface area contributed by atoms with Gasteiger partial charge in [0.05, 0.1) is 10.6 Å². The first-order valence-electron chi connectivity index (χ1n) is 5.53. The summed E-state index contributed by atoms with van der Waals surface area (Å²) >= 11 is 4.81. The number of carbonyl (C=O) groups is 1. The van der Waals surface area contributed by atoms with E-state index in [-0.39, 0.29) is 5.91 Å². The SMILES string of the molecule is CCN(CCC(N)=S)C(=O)c1cncc(C)c1.